The second-order valence-corrected chi connectivity index (χ2v) is 9.01. The number of amides is 1. The molecule has 0 radical (unpaired) electrons. The van der Waals surface area contributed by atoms with Gasteiger partial charge < -0.3 is 10.1 Å². The number of esters is 1. The third-order valence-corrected chi connectivity index (χ3v) is 6.51. The minimum absolute atomic E-state index is 0.0293. The summed E-state index contributed by atoms with van der Waals surface area (Å²) in [5.74, 6) is -0.614. The van der Waals surface area contributed by atoms with Gasteiger partial charge in [0.2, 0.25) is 0 Å². The number of hydrogen-bond acceptors (Lipinski definition) is 7. The van der Waals surface area contributed by atoms with Gasteiger partial charge in [-0.1, -0.05) is 26.0 Å². The van der Waals surface area contributed by atoms with E-state index in [1.165, 1.54) is 27.4 Å². The van der Waals surface area contributed by atoms with Gasteiger partial charge in [-0.25, -0.2) is 4.79 Å². The molecule has 0 aliphatic rings. The van der Waals surface area contributed by atoms with Crippen molar-refractivity contribution in [3.63, 3.8) is 0 Å². The quantitative estimate of drug-likeness (QED) is 0.400. The second-order valence-electron chi connectivity index (χ2n) is 7.35. The second kappa shape index (κ2) is 9.05. The number of fused-ring (bicyclic) bond motifs is 1. The Morgan fingerprint density at radius 2 is 1.91 bits per heavy atom. The van der Waals surface area contributed by atoms with E-state index in [0.717, 1.165) is 5.56 Å². The molecular formula is C23H21N3O4S2. The van der Waals surface area contributed by atoms with Crippen molar-refractivity contribution in [2.45, 2.75) is 26.7 Å². The molecule has 1 N–H and O–H groups in total. The maximum Gasteiger partial charge on any atom is 0.359 e. The first-order chi connectivity index (χ1) is 15.4. The van der Waals surface area contributed by atoms with Crippen LogP contribution in [-0.2, 0) is 4.74 Å². The molecule has 0 saturated carbocycles. The van der Waals surface area contributed by atoms with Crippen LogP contribution in [0, 0.1) is 0 Å². The van der Waals surface area contributed by atoms with Crippen LogP contribution in [0.2, 0.25) is 0 Å². The van der Waals surface area contributed by atoms with Crippen LogP contribution in [0.25, 0.3) is 16.5 Å². The van der Waals surface area contributed by atoms with E-state index in [4.69, 9.17) is 4.74 Å². The molecule has 7 nitrogen and oxygen atoms in total. The van der Waals surface area contributed by atoms with Gasteiger partial charge in [-0.2, -0.15) is 21.1 Å². The maximum absolute atomic E-state index is 13.4. The number of benzene rings is 1. The van der Waals surface area contributed by atoms with E-state index < -0.39 is 11.5 Å². The Morgan fingerprint density at radius 1 is 1.16 bits per heavy atom. The lowest BCUT2D eigenvalue weighted by Gasteiger charge is -2.11. The number of rotatable bonds is 6. The molecule has 0 spiro atoms. The Morgan fingerprint density at radius 3 is 2.53 bits per heavy atom. The molecule has 9 heteroatoms. The van der Waals surface area contributed by atoms with Gasteiger partial charge in [0.25, 0.3) is 11.5 Å². The molecule has 0 atom stereocenters. The predicted molar refractivity (Wildman–Crippen MR) is 128 cm³/mol. The molecule has 0 saturated heterocycles. The van der Waals surface area contributed by atoms with Gasteiger partial charge in [0, 0.05) is 16.1 Å². The van der Waals surface area contributed by atoms with Crippen LogP contribution in [0.1, 0.15) is 53.1 Å². The number of thiophene rings is 2. The molecule has 1 aromatic carbocycles. The first kappa shape index (κ1) is 21.9. The lowest BCUT2D eigenvalue weighted by atomic mass is 10.0. The molecule has 0 unspecified atom stereocenters. The average molecular weight is 468 g/mol. The van der Waals surface area contributed by atoms with Crippen LogP contribution in [0.15, 0.2) is 51.3 Å². The lowest BCUT2D eigenvalue weighted by molar-refractivity contribution is 0.0520. The fraction of sp³-hybridized carbons (Fsp3) is 0.217. The summed E-state index contributed by atoms with van der Waals surface area (Å²) < 4.78 is 6.35. The van der Waals surface area contributed by atoms with Crippen molar-refractivity contribution in [2.24, 2.45) is 0 Å². The summed E-state index contributed by atoms with van der Waals surface area (Å²) in [7, 11) is 0. The molecule has 4 rings (SSSR count). The zero-order chi connectivity index (χ0) is 22.8. The molecule has 0 aliphatic carbocycles. The Balaban J connectivity index is 1.88. The molecule has 3 aromatic heterocycles. The highest BCUT2D eigenvalue weighted by molar-refractivity contribution is 7.16. The number of nitrogens with zero attached hydrogens (tertiary/aromatic N) is 2. The largest absolute Gasteiger partial charge is 0.461 e. The first-order valence-electron chi connectivity index (χ1n) is 10.1. The molecule has 0 fully saturated rings. The number of nitrogens with one attached hydrogen (secondary N) is 1. The molecule has 0 aliphatic heterocycles. The van der Waals surface area contributed by atoms with E-state index >= 15 is 0 Å². The Kier molecular flexibility index (Phi) is 6.20. The van der Waals surface area contributed by atoms with E-state index in [9.17, 15) is 14.4 Å². The monoisotopic (exact) mass is 467 g/mol. The standard InChI is InChI=1S/C23H21N3O4S2/c1-4-30-23(29)19-17-12-32-21(24-20(27)15-9-10-31-11-15)18(17)22(28)26(25-19)16-7-5-14(6-8-16)13(2)3/h5-13H,4H2,1-3H3,(H,24,27). The van der Waals surface area contributed by atoms with E-state index in [1.54, 1.807) is 41.3 Å². The van der Waals surface area contributed by atoms with Gasteiger partial charge in [-0.15, -0.1) is 11.3 Å². The summed E-state index contributed by atoms with van der Waals surface area (Å²) in [6.45, 7) is 6.04. The van der Waals surface area contributed by atoms with E-state index in [0.29, 0.717) is 27.6 Å². The van der Waals surface area contributed by atoms with Crippen molar-refractivity contribution in [3.05, 3.63) is 73.6 Å². The van der Waals surface area contributed by atoms with Gasteiger partial charge in [-0.3, -0.25) is 9.59 Å². The maximum atomic E-state index is 13.4. The van der Waals surface area contributed by atoms with E-state index in [-0.39, 0.29) is 23.6 Å². The number of carbonyl (C=O) groups is 2. The van der Waals surface area contributed by atoms with Crippen molar-refractivity contribution in [2.75, 3.05) is 11.9 Å². The lowest BCUT2D eigenvalue weighted by Crippen LogP contribution is -2.25. The van der Waals surface area contributed by atoms with Gasteiger partial charge in [0.05, 0.1) is 23.2 Å². The minimum Gasteiger partial charge on any atom is -0.461 e. The summed E-state index contributed by atoms with van der Waals surface area (Å²) in [6.07, 6.45) is 0. The summed E-state index contributed by atoms with van der Waals surface area (Å²) in [5.41, 5.74) is 1.75. The number of aromatic nitrogens is 2. The normalized spacial score (nSPS) is 11.1. The highest BCUT2D eigenvalue weighted by atomic mass is 32.1. The number of hydrogen-bond donors (Lipinski definition) is 1. The minimum atomic E-state index is -0.626. The molecule has 4 aromatic rings. The van der Waals surface area contributed by atoms with Gasteiger partial charge in [0.15, 0.2) is 5.69 Å². The molecule has 3 heterocycles. The van der Waals surface area contributed by atoms with E-state index in [1.807, 2.05) is 12.1 Å². The topological polar surface area (TPSA) is 90.3 Å². The third-order valence-electron chi connectivity index (χ3n) is 4.94. The summed E-state index contributed by atoms with van der Waals surface area (Å²) in [5, 5.41) is 13.3. The van der Waals surface area contributed by atoms with Crippen molar-refractivity contribution in [3.8, 4) is 5.69 Å². The zero-order valence-electron chi connectivity index (χ0n) is 17.7. The van der Waals surface area contributed by atoms with Gasteiger partial charge in [0.1, 0.15) is 5.00 Å². The summed E-state index contributed by atoms with van der Waals surface area (Å²) in [6, 6.07) is 9.14. The third kappa shape index (κ3) is 4.09. The van der Waals surface area contributed by atoms with E-state index in [2.05, 4.69) is 24.3 Å². The Hall–Kier alpha value is -3.30. The van der Waals surface area contributed by atoms with Crippen molar-refractivity contribution in [1.82, 2.24) is 9.78 Å². The highest BCUT2D eigenvalue weighted by Gasteiger charge is 2.23. The fourth-order valence-corrected chi connectivity index (χ4v) is 4.80. The van der Waals surface area contributed by atoms with Crippen LogP contribution in [0.3, 0.4) is 0 Å². The molecule has 1 amide bonds. The molecule has 164 valence electrons. The highest BCUT2D eigenvalue weighted by Crippen LogP contribution is 2.31. The first-order valence-corrected chi connectivity index (χ1v) is 11.9. The van der Waals surface area contributed by atoms with Crippen LogP contribution in [0.4, 0.5) is 5.00 Å². The van der Waals surface area contributed by atoms with Crippen LogP contribution in [-0.4, -0.2) is 28.3 Å². The zero-order valence-corrected chi connectivity index (χ0v) is 19.4. The summed E-state index contributed by atoms with van der Waals surface area (Å²) in [4.78, 5) is 38.7. The van der Waals surface area contributed by atoms with Gasteiger partial charge in [-0.05, 0) is 42.0 Å². The van der Waals surface area contributed by atoms with Crippen LogP contribution >= 0.6 is 22.7 Å². The molecular weight excluding hydrogens is 446 g/mol. The predicted octanol–water partition coefficient (Wildman–Crippen LogP) is 5.06. The number of carbonyl (C=O) groups excluding carboxylic acids is 2. The van der Waals surface area contributed by atoms with Crippen molar-refractivity contribution >= 4 is 50.3 Å². The molecule has 32 heavy (non-hydrogen) atoms. The fourth-order valence-electron chi connectivity index (χ4n) is 3.24. The van der Waals surface area contributed by atoms with Crippen molar-refractivity contribution < 1.29 is 14.3 Å². The average Bonchev–Trinajstić information content (AvgIpc) is 3.45. The SMILES string of the molecule is CCOC(=O)c1nn(-c2ccc(C(C)C)cc2)c(=O)c2c(NC(=O)c3ccsc3)scc12. The van der Waals surface area contributed by atoms with Crippen LogP contribution < -0.4 is 10.9 Å². The summed E-state index contributed by atoms with van der Waals surface area (Å²) >= 11 is 2.58. The molecule has 0 bridgehead atoms. The number of anilines is 1. The number of ether oxygens (including phenoxy) is 1. The van der Waals surface area contributed by atoms with Crippen LogP contribution in [0.5, 0.6) is 0 Å². The Labute approximate surface area is 192 Å². The van der Waals surface area contributed by atoms with Crippen molar-refractivity contribution in [1.29, 1.82) is 0 Å². The van der Waals surface area contributed by atoms with Gasteiger partial charge >= 0.3 is 5.97 Å². The smallest absolute Gasteiger partial charge is 0.359 e. The Bertz CT molecular complexity index is 1340.